The molecule has 0 aromatic rings. The van der Waals surface area contributed by atoms with Crippen molar-refractivity contribution >= 4 is 70.8 Å². The molecule has 0 aliphatic carbocycles. The van der Waals surface area contributed by atoms with Gasteiger partial charge in [0.15, 0.2) is 5.96 Å². The Balaban J connectivity index is 0.000000304. The third-order valence-electron chi connectivity index (χ3n) is 19.1. The molecule has 5 amide bonds. The summed E-state index contributed by atoms with van der Waals surface area (Å²) >= 11 is 3.61. The molecule has 0 bridgehead atoms. The highest BCUT2D eigenvalue weighted by atomic mass is 32.2. The van der Waals surface area contributed by atoms with E-state index in [-0.39, 0.29) is 73.0 Å². The molecule has 0 radical (unpaired) electrons. The fourth-order valence-corrected chi connectivity index (χ4v) is 16.0. The zero-order valence-corrected chi connectivity index (χ0v) is 60.2. The number of carbonyl (C=O) groups is 5. The normalized spacial score (nSPS) is 35.5. The molecule has 0 aromatic heterocycles. The summed E-state index contributed by atoms with van der Waals surface area (Å²) in [5.74, 6) is 0.0548. The van der Waals surface area contributed by atoms with Crippen molar-refractivity contribution in [3.8, 4) is 0 Å². The fraction of sp³-hybridized carbons (Fsp3) is 0.903. The standard InChI is InChI=1S/C22H42N4O6S.C21H40N4O6S.C19H37N5O5S/c1-5-7-13-10-14(26(3)11-13)21(31)25-16(12(2)24-15(27)8-6-9-23)20-18(29)17(28)19(30)22(32-20)33-4;1-5-6-12-9-13(25(3)10-12)20(30)24-15(11(2)23-14(26)7-8-22)19-17(28)16(27)18(29)21(31-19)32-4;1-5-6-10-7-11(24(3)8-10)17(28)23-12(9(2)22-19(20)21)16-14(26)13(25)15(27)18(29-16)30-4/h12-14,16-20,22,28-30H,5-11,23H2,1-4H3,(H,24,27)(H,25,31);11-13,15-19,21,27-29H,5-10,22H2,1-4H3,(H,23,26)(H,24,30);9-16,18,25-27H,5-8H2,1-4H3,(H,23,28)(H4,20,21,22)/t12-,13+,14-,16+,17+,18?,19+,20+,22?;11-,12+,13-,15+,16+,17?,18+,19+,21?;9?,10-,11+,12-,13-,14?,15-,16-,18?/m001/s1. The van der Waals surface area contributed by atoms with Crippen molar-refractivity contribution in [2.45, 2.75) is 263 Å². The van der Waals surface area contributed by atoms with Crippen LogP contribution >= 0.6 is 35.3 Å². The number of hydrogen-bond donors (Lipinski definition) is 18. The minimum atomic E-state index is -1.44. The van der Waals surface area contributed by atoms with Gasteiger partial charge in [-0.15, -0.1) is 35.3 Å². The predicted molar refractivity (Wildman–Crippen MR) is 367 cm³/mol. The third-order valence-corrected chi connectivity index (χ3v) is 21.7. The van der Waals surface area contributed by atoms with Crippen molar-refractivity contribution in [3.05, 3.63) is 0 Å². The largest absolute Gasteiger partial charge is 0.388 e. The van der Waals surface area contributed by atoms with Crippen molar-refractivity contribution < 1.29 is 84.1 Å². The van der Waals surface area contributed by atoms with E-state index in [4.69, 9.17) is 37.1 Å². The van der Waals surface area contributed by atoms with E-state index in [9.17, 15) is 69.9 Å². The van der Waals surface area contributed by atoms with Gasteiger partial charge in [-0.2, -0.15) is 0 Å². The topological polar surface area (TPSA) is 481 Å². The molecule has 6 aliphatic rings. The summed E-state index contributed by atoms with van der Waals surface area (Å²) in [7, 11) is 5.75. The molecule has 6 fully saturated rings. The molecule has 7 unspecified atom stereocenters. The van der Waals surface area contributed by atoms with Crippen LogP contribution in [-0.4, -0.2) is 313 Å². The zero-order chi connectivity index (χ0) is 71.3. The average Bonchev–Trinajstić information content (AvgIpc) is 1.73. The van der Waals surface area contributed by atoms with E-state index >= 15 is 0 Å². The number of likely N-dealkylation sites (N-methyl/N-ethyl adjacent to an activating group) is 3. The molecule has 22 N–H and O–H groups in total. The number of nitrogens with one attached hydrogen (secondary N) is 5. The molecule has 6 heterocycles. The molecule has 30 nitrogen and oxygen atoms in total. The second-order valence-corrected chi connectivity index (χ2v) is 29.4. The molecule has 6 saturated heterocycles. The molecular weight excluding hydrogens is 1290 g/mol. The van der Waals surface area contributed by atoms with Gasteiger partial charge in [-0.3, -0.25) is 38.7 Å². The van der Waals surface area contributed by atoms with E-state index in [1.807, 2.05) is 35.8 Å². The summed E-state index contributed by atoms with van der Waals surface area (Å²) < 4.78 is 17.7. The van der Waals surface area contributed by atoms with Gasteiger partial charge in [0, 0.05) is 51.1 Å². The minimum absolute atomic E-state index is 0.123. The number of aliphatic imine (C=N–C) groups is 1. The van der Waals surface area contributed by atoms with Gasteiger partial charge in [0.25, 0.3) is 0 Å². The van der Waals surface area contributed by atoms with Crippen LogP contribution in [0.5, 0.6) is 0 Å². The Morgan fingerprint density at radius 2 is 0.779 bits per heavy atom. The number of aliphatic hydroxyl groups excluding tert-OH is 9. The molecular formula is C62H119N13O17S3. The van der Waals surface area contributed by atoms with Crippen molar-refractivity contribution in [2.24, 2.45) is 45.7 Å². The maximum absolute atomic E-state index is 13.3. The Morgan fingerprint density at radius 1 is 0.474 bits per heavy atom. The van der Waals surface area contributed by atoms with Crippen LogP contribution in [0.25, 0.3) is 0 Å². The highest BCUT2D eigenvalue weighted by molar-refractivity contribution is 7.99. The summed E-state index contributed by atoms with van der Waals surface area (Å²) in [5.41, 5.74) is 19.7. The second kappa shape index (κ2) is 41.0. The van der Waals surface area contributed by atoms with Crippen molar-refractivity contribution in [1.82, 2.24) is 41.3 Å². The van der Waals surface area contributed by atoms with E-state index in [2.05, 4.69) is 52.3 Å². The van der Waals surface area contributed by atoms with Crippen LogP contribution in [0.2, 0.25) is 0 Å². The Labute approximate surface area is 574 Å². The maximum atomic E-state index is 13.3. The highest BCUT2D eigenvalue weighted by Gasteiger charge is 2.52. The summed E-state index contributed by atoms with van der Waals surface area (Å²) in [6, 6.07) is -5.22. The number of guanidine groups is 1. The van der Waals surface area contributed by atoms with Crippen LogP contribution in [0.15, 0.2) is 4.99 Å². The van der Waals surface area contributed by atoms with Gasteiger partial charge in [-0.05, 0) is 130 Å². The Bertz CT molecular complexity index is 2370. The molecule has 0 spiro atoms. The Hall–Kier alpha value is -3.01. The van der Waals surface area contributed by atoms with E-state index in [0.717, 1.165) is 77.4 Å². The smallest absolute Gasteiger partial charge is 0.237 e. The number of amides is 5. The fourth-order valence-electron chi connectivity index (χ4n) is 14.0. The molecule has 6 rings (SSSR count). The lowest BCUT2D eigenvalue weighted by atomic mass is 9.90. The molecule has 0 aromatic carbocycles. The van der Waals surface area contributed by atoms with Gasteiger partial charge in [0.2, 0.25) is 29.5 Å². The van der Waals surface area contributed by atoms with Crippen LogP contribution in [-0.2, 0) is 38.2 Å². The highest BCUT2D eigenvalue weighted by Crippen LogP contribution is 2.35. The van der Waals surface area contributed by atoms with Gasteiger partial charge in [0.1, 0.15) is 89.6 Å². The number of aliphatic hydroxyl groups is 9. The second-order valence-electron chi connectivity index (χ2n) is 26.6. The number of nitrogens with zero attached hydrogens (tertiary/aromatic N) is 4. The van der Waals surface area contributed by atoms with E-state index < -0.39 is 126 Å². The van der Waals surface area contributed by atoms with Crippen molar-refractivity contribution in [2.75, 3.05) is 72.6 Å². The predicted octanol–water partition coefficient (Wildman–Crippen LogP) is -3.95. The zero-order valence-electron chi connectivity index (χ0n) is 57.7. The number of likely N-dealkylation sites (tertiary alicyclic amines) is 3. The van der Waals surface area contributed by atoms with Crippen LogP contribution in [0.1, 0.15) is 119 Å². The Morgan fingerprint density at radius 3 is 1.06 bits per heavy atom. The molecule has 552 valence electrons. The van der Waals surface area contributed by atoms with Crippen LogP contribution < -0.4 is 49.5 Å². The van der Waals surface area contributed by atoms with Crippen molar-refractivity contribution in [3.63, 3.8) is 0 Å². The molecule has 0 saturated carbocycles. The summed E-state index contributed by atoms with van der Waals surface area (Å²) in [6.07, 6.45) is -0.817. The first-order valence-electron chi connectivity index (χ1n) is 33.6. The quantitative estimate of drug-likeness (QED) is 0.0251. The average molecular weight is 1410 g/mol. The van der Waals surface area contributed by atoms with Gasteiger partial charge in [-0.25, -0.2) is 4.99 Å². The van der Waals surface area contributed by atoms with Crippen LogP contribution in [0.4, 0.5) is 0 Å². The van der Waals surface area contributed by atoms with Gasteiger partial charge in [0.05, 0.1) is 42.3 Å². The van der Waals surface area contributed by atoms with Gasteiger partial charge < -0.3 is 110 Å². The van der Waals surface area contributed by atoms with Crippen molar-refractivity contribution in [1.29, 1.82) is 0 Å². The number of ether oxygens (including phenoxy) is 3. The first-order valence-corrected chi connectivity index (χ1v) is 37.5. The lowest BCUT2D eigenvalue weighted by Crippen LogP contribution is -2.67. The van der Waals surface area contributed by atoms with E-state index in [1.54, 1.807) is 39.5 Å². The minimum Gasteiger partial charge on any atom is -0.388 e. The van der Waals surface area contributed by atoms with Gasteiger partial charge in [-0.1, -0.05) is 40.0 Å². The maximum Gasteiger partial charge on any atom is 0.237 e. The number of thioether (sulfide) groups is 3. The molecule has 95 heavy (non-hydrogen) atoms. The number of carbonyl (C=O) groups excluding carboxylic acids is 5. The first-order chi connectivity index (χ1) is 44.9. The van der Waals surface area contributed by atoms with E-state index in [0.29, 0.717) is 30.7 Å². The number of hydrogen-bond acceptors (Lipinski definition) is 26. The van der Waals surface area contributed by atoms with Crippen LogP contribution in [0.3, 0.4) is 0 Å². The first kappa shape index (κ1) is 84.4. The Kier molecular flexibility index (Phi) is 36.5. The number of nitrogens with two attached hydrogens (primary N) is 4. The molecule has 6 aliphatic heterocycles. The third kappa shape index (κ3) is 23.5. The van der Waals surface area contributed by atoms with Gasteiger partial charge >= 0.3 is 0 Å². The monoisotopic (exact) mass is 1410 g/mol. The molecule has 27 atom stereocenters. The lowest BCUT2D eigenvalue weighted by molar-refractivity contribution is -0.207. The van der Waals surface area contributed by atoms with Crippen LogP contribution in [0, 0.1) is 17.8 Å². The SMILES string of the molecule is CCC[C@@H]1C[C@@H](C(=O)N[C@H](C(C)N=C(N)N)[C@H]2OC(SC)[C@H](O)[C@H](O)C2O)N(C)C1.CCC[C@@H]1C[C@@H](C(=O)N[C@H]([C@H](C)NC(=O)CCCN)[C@H]2OC(SC)[C@H](O)[C@H](O)C2O)N(C)C1.CCC[C@@H]1C[C@@H](C(=O)N[C@H]([C@H](C)NC(=O)CCN)[C@H]2OC(SC)[C@H](O)[C@H](O)C2O)N(C)C1. The summed E-state index contributed by atoms with van der Waals surface area (Å²) in [4.78, 5) is 74.4. The lowest BCUT2D eigenvalue weighted by Gasteiger charge is -2.45. The summed E-state index contributed by atoms with van der Waals surface area (Å²) in [6.45, 7) is 14.6. The van der Waals surface area contributed by atoms with E-state index in [1.165, 1.54) is 35.3 Å². The number of rotatable bonds is 29. The summed E-state index contributed by atoms with van der Waals surface area (Å²) in [5, 5.41) is 108. The molecule has 33 heteroatoms.